The van der Waals surface area contributed by atoms with Gasteiger partial charge in [0, 0.05) is 21.9 Å². The first-order chi connectivity index (χ1) is 14.5. The van der Waals surface area contributed by atoms with Crippen LogP contribution in [0, 0.1) is 13.8 Å². The lowest BCUT2D eigenvalue weighted by molar-refractivity contribution is 0.102. The Morgan fingerprint density at radius 2 is 1.55 bits per heavy atom. The van der Waals surface area contributed by atoms with E-state index in [1.165, 1.54) is 6.26 Å². The van der Waals surface area contributed by atoms with Crippen LogP contribution in [0.4, 0.5) is 5.69 Å². The minimum absolute atomic E-state index is 0.0824. The van der Waals surface area contributed by atoms with Crippen LogP contribution in [0.15, 0.2) is 54.6 Å². The van der Waals surface area contributed by atoms with Crippen molar-refractivity contribution in [2.45, 2.75) is 19.6 Å². The van der Waals surface area contributed by atoms with Crippen molar-refractivity contribution in [1.29, 1.82) is 0 Å². The number of ether oxygens (including phenoxy) is 1. The molecule has 1 N–H and O–H groups in total. The van der Waals surface area contributed by atoms with Gasteiger partial charge in [-0.25, -0.2) is 8.42 Å². The molecule has 31 heavy (non-hydrogen) atoms. The summed E-state index contributed by atoms with van der Waals surface area (Å²) in [6, 6.07) is 15.0. The maximum atomic E-state index is 12.8. The second kappa shape index (κ2) is 9.30. The number of rotatable bonds is 6. The number of hydrogen-bond acceptors (Lipinski definition) is 4. The Kier molecular flexibility index (Phi) is 6.94. The fraction of sp³-hybridized carbons (Fsp3) is 0.174. The van der Waals surface area contributed by atoms with Crippen LogP contribution < -0.4 is 10.1 Å². The highest BCUT2D eigenvalue weighted by atomic mass is 35.5. The molecule has 0 heterocycles. The number of sulfone groups is 1. The summed E-state index contributed by atoms with van der Waals surface area (Å²) in [7, 11) is -3.15. The molecule has 3 rings (SSSR count). The van der Waals surface area contributed by atoms with Crippen LogP contribution in [-0.2, 0) is 15.6 Å². The van der Waals surface area contributed by atoms with E-state index in [4.69, 9.17) is 27.9 Å². The van der Waals surface area contributed by atoms with Crippen LogP contribution in [0.1, 0.15) is 27.0 Å². The number of hydrogen-bond donors (Lipinski definition) is 1. The molecule has 1 amide bonds. The first kappa shape index (κ1) is 23.1. The van der Waals surface area contributed by atoms with Gasteiger partial charge in [-0.05, 0) is 73.0 Å². The Labute approximate surface area is 191 Å². The van der Waals surface area contributed by atoms with E-state index in [1.54, 1.807) is 54.6 Å². The molecule has 8 heteroatoms. The molecule has 5 nitrogen and oxygen atoms in total. The molecular formula is C23H21Cl2NO4S. The van der Waals surface area contributed by atoms with E-state index in [0.717, 1.165) is 11.1 Å². The van der Waals surface area contributed by atoms with Gasteiger partial charge in [0.25, 0.3) is 5.91 Å². The molecule has 0 aliphatic heterocycles. The highest BCUT2D eigenvalue weighted by molar-refractivity contribution is 7.89. The minimum Gasteiger partial charge on any atom is -0.455 e. The van der Waals surface area contributed by atoms with E-state index in [0.29, 0.717) is 38.4 Å². The van der Waals surface area contributed by atoms with E-state index < -0.39 is 9.84 Å². The zero-order valence-corrected chi connectivity index (χ0v) is 19.5. The average Bonchev–Trinajstić information content (AvgIpc) is 2.65. The lowest BCUT2D eigenvalue weighted by Crippen LogP contribution is -2.13. The maximum absolute atomic E-state index is 12.8. The van der Waals surface area contributed by atoms with Crippen molar-refractivity contribution < 1.29 is 17.9 Å². The lowest BCUT2D eigenvalue weighted by Gasteiger charge is -2.16. The summed E-state index contributed by atoms with van der Waals surface area (Å²) in [5.74, 6) is 0.621. The third kappa shape index (κ3) is 6.23. The van der Waals surface area contributed by atoms with Gasteiger partial charge >= 0.3 is 0 Å². The Hall–Kier alpha value is -2.54. The van der Waals surface area contributed by atoms with E-state index in [2.05, 4.69) is 5.32 Å². The van der Waals surface area contributed by atoms with Crippen molar-refractivity contribution in [2.75, 3.05) is 11.6 Å². The van der Waals surface area contributed by atoms with Crippen molar-refractivity contribution in [3.05, 3.63) is 86.9 Å². The Morgan fingerprint density at radius 1 is 0.935 bits per heavy atom. The predicted molar refractivity (Wildman–Crippen MR) is 125 cm³/mol. The molecule has 0 atom stereocenters. The number of aryl methyl sites for hydroxylation is 2. The Balaban J connectivity index is 1.85. The topological polar surface area (TPSA) is 72.5 Å². The largest absolute Gasteiger partial charge is 0.455 e. The van der Waals surface area contributed by atoms with Crippen molar-refractivity contribution in [3.63, 3.8) is 0 Å². The van der Waals surface area contributed by atoms with Gasteiger partial charge < -0.3 is 10.1 Å². The molecule has 0 unspecified atom stereocenters. The number of amides is 1. The number of benzene rings is 3. The summed E-state index contributed by atoms with van der Waals surface area (Å²) in [4.78, 5) is 12.8. The highest BCUT2D eigenvalue weighted by Crippen LogP contribution is 2.36. The molecule has 162 valence electrons. The first-order valence-electron chi connectivity index (χ1n) is 9.34. The summed E-state index contributed by atoms with van der Waals surface area (Å²) in [6.07, 6.45) is 1.17. The monoisotopic (exact) mass is 477 g/mol. The van der Waals surface area contributed by atoms with E-state index in [9.17, 15) is 13.2 Å². The summed E-state index contributed by atoms with van der Waals surface area (Å²) in [5.41, 5.74) is 3.12. The van der Waals surface area contributed by atoms with Crippen LogP contribution in [0.25, 0.3) is 0 Å². The SMILES string of the molecule is Cc1cc(Cl)cc(C)c1Oc1ccc(Cl)cc1NC(=O)c1ccc(CS(C)(=O)=O)cc1. The molecule has 3 aromatic rings. The van der Waals surface area contributed by atoms with Gasteiger partial charge in [0.05, 0.1) is 11.4 Å². The van der Waals surface area contributed by atoms with Crippen molar-refractivity contribution >= 4 is 44.6 Å². The van der Waals surface area contributed by atoms with Gasteiger partial charge in [-0.1, -0.05) is 35.3 Å². The summed E-state index contributed by atoms with van der Waals surface area (Å²) in [5, 5.41) is 3.87. The Morgan fingerprint density at radius 3 is 2.13 bits per heavy atom. The van der Waals surface area contributed by atoms with Crippen LogP contribution in [0.5, 0.6) is 11.5 Å². The second-order valence-electron chi connectivity index (χ2n) is 7.33. The van der Waals surface area contributed by atoms with Gasteiger partial charge in [-0.15, -0.1) is 0 Å². The van der Waals surface area contributed by atoms with Gasteiger partial charge in [0.2, 0.25) is 0 Å². The van der Waals surface area contributed by atoms with Crippen LogP contribution in [-0.4, -0.2) is 20.6 Å². The molecule has 0 radical (unpaired) electrons. The zero-order chi connectivity index (χ0) is 22.8. The molecule has 0 aromatic heterocycles. The number of anilines is 1. The molecule has 0 saturated carbocycles. The molecule has 0 fully saturated rings. The molecule has 0 bridgehead atoms. The van der Waals surface area contributed by atoms with Gasteiger partial charge in [0.1, 0.15) is 5.75 Å². The maximum Gasteiger partial charge on any atom is 0.255 e. The molecule has 3 aromatic carbocycles. The van der Waals surface area contributed by atoms with Crippen molar-refractivity contribution in [1.82, 2.24) is 0 Å². The quantitative estimate of drug-likeness (QED) is 0.458. The summed E-state index contributed by atoms with van der Waals surface area (Å²) < 4.78 is 29.0. The average molecular weight is 478 g/mol. The number of carbonyl (C=O) groups excluding carboxylic acids is 1. The molecule has 0 spiro atoms. The summed E-state index contributed by atoms with van der Waals surface area (Å²) in [6.45, 7) is 3.78. The van der Waals surface area contributed by atoms with Crippen LogP contribution >= 0.6 is 23.2 Å². The smallest absolute Gasteiger partial charge is 0.255 e. The van der Waals surface area contributed by atoms with E-state index in [1.807, 2.05) is 13.8 Å². The Bertz CT molecular complexity index is 1220. The number of nitrogens with one attached hydrogen (secondary N) is 1. The van der Waals surface area contributed by atoms with Gasteiger partial charge in [-0.2, -0.15) is 0 Å². The summed E-state index contributed by atoms with van der Waals surface area (Å²) >= 11 is 12.2. The first-order valence-corrected chi connectivity index (χ1v) is 12.2. The molecule has 0 aliphatic rings. The van der Waals surface area contributed by atoms with Gasteiger partial charge in [0.15, 0.2) is 15.6 Å². The highest BCUT2D eigenvalue weighted by Gasteiger charge is 2.15. The van der Waals surface area contributed by atoms with Crippen LogP contribution in [0.2, 0.25) is 10.0 Å². The van der Waals surface area contributed by atoms with Crippen molar-refractivity contribution in [3.8, 4) is 11.5 Å². The number of carbonyl (C=O) groups is 1. The number of halogens is 2. The van der Waals surface area contributed by atoms with Crippen LogP contribution in [0.3, 0.4) is 0 Å². The predicted octanol–water partition coefficient (Wildman–Crippen LogP) is 6.20. The minimum atomic E-state index is -3.15. The molecule has 0 saturated heterocycles. The zero-order valence-electron chi connectivity index (χ0n) is 17.2. The third-order valence-corrected chi connectivity index (χ3v) is 5.78. The second-order valence-corrected chi connectivity index (χ2v) is 10.3. The lowest BCUT2D eigenvalue weighted by atomic mass is 10.1. The normalized spacial score (nSPS) is 11.3. The van der Waals surface area contributed by atoms with Gasteiger partial charge in [-0.3, -0.25) is 4.79 Å². The fourth-order valence-corrected chi connectivity index (χ4v) is 4.40. The van der Waals surface area contributed by atoms with E-state index in [-0.39, 0.29) is 11.7 Å². The van der Waals surface area contributed by atoms with E-state index >= 15 is 0 Å². The molecular weight excluding hydrogens is 457 g/mol. The standard InChI is InChI=1S/C23H21Cl2NO4S/c1-14-10-19(25)11-15(2)22(14)30-21-9-8-18(24)12-20(21)26-23(27)17-6-4-16(5-7-17)13-31(3,28)29/h4-12H,13H2,1-3H3,(H,26,27). The molecule has 0 aliphatic carbocycles. The van der Waals surface area contributed by atoms with Crippen molar-refractivity contribution in [2.24, 2.45) is 0 Å². The third-order valence-electron chi connectivity index (χ3n) is 4.47. The fourth-order valence-electron chi connectivity index (χ4n) is 3.11.